The summed E-state index contributed by atoms with van der Waals surface area (Å²) < 4.78 is 1.58. The number of rotatable bonds is 3. The van der Waals surface area contributed by atoms with Gasteiger partial charge in [-0.2, -0.15) is 5.10 Å². The molecule has 0 saturated carbocycles. The Kier molecular flexibility index (Phi) is 3.14. The lowest BCUT2D eigenvalue weighted by Crippen LogP contribution is -2.28. The first kappa shape index (κ1) is 14.2. The number of aromatic nitrogens is 3. The minimum absolute atomic E-state index is 0.0310. The zero-order chi connectivity index (χ0) is 15.9. The van der Waals surface area contributed by atoms with Gasteiger partial charge in [0.2, 0.25) is 0 Å². The standard InChI is InChI=1S/C15H15N5O2/c1-15(2,16)10-6-7-14(17-8-10)19-12-4-3-5-13(20(21)22)11(12)9-18-19/h3-9H,16H2,1-2H3. The van der Waals surface area contributed by atoms with Gasteiger partial charge in [-0.05, 0) is 31.5 Å². The Bertz CT molecular complexity index is 846. The molecule has 0 saturated heterocycles. The zero-order valence-corrected chi connectivity index (χ0v) is 12.2. The number of benzene rings is 1. The first-order valence-corrected chi connectivity index (χ1v) is 6.75. The molecule has 1 aromatic carbocycles. The number of non-ortho nitro benzene ring substituents is 1. The van der Waals surface area contributed by atoms with E-state index in [-0.39, 0.29) is 5.69 Å². The average Bonchev–Trinajstić information content (AvgIpc) is 2.90. The van der Waals surface area contributed by atoms with Gasteiger partial charge in [-0.25, -0.2) is 9.67 Å². The molecule has 0 spiro atoms. The number of nitro groups is 1. The molecule has 7 nitrogen and oxygen atoms in total. The fourth-order valence-corrected chi connectivity index (χ4v) is 2.27. The second-order valence-electron chi connectivity index (χ2n) is 5.65. The summed E-state index contributed by atoms with van der Waals surface area (Å²) in [4.78, 5) is 15.0. The lowest BCUT2D eigenvalue weighted by molar-refractivity contribution is -0.383. The molecule has 0 atom stereocenters. The molecule has 0 aliphatic heterocycles. The molecule has 22 heavy (non-hydrogen) atoms. The molecule has 0 unspecified atom stereocenters. The monoisotopic (exact) mass is 297 g/mol. The number of nitro benzene ring substituents is 1. The number of hydrogen-bond donors (Lipinski definition) is 1. The molecule has 2 N–H and O–H groups in total. The molecule has 0 amide bonds. The quantitative estimate of drug-likeness (QED) is 0.591. The molecule has 0 radical (unpaired) electrons. The SMILES string of the molecule is CC(C)(N)c1ccc(-n2ncc3c([N+](=O)[O-])cccc32)nc1. The van der Waals surface area contributed by atoms with Crippen molar-refractivity contribution in [1.29, 1.82) is 0 Å². The van der Waals surface area contributed by atoms with Crippen molar-refractivity contribution in [3.8, 4) is 5.82 Å². The fourth-order valence-electron chi connectivity index (χ4n) is 2.27. The molecule has 0 aliphatic rings. The van der Waals surface area contributed by atoms with Crippen LogP contribution in [-0.2, 0) is 5.54 Å². The van der Waals surface area contributed by atoms with E-state index in [1.807, 2.05) is 19.9 Å². The minimum atomic E-state index is -0.476. The van der Waals surface area contributed by atoms with Crippen LogP contribution in [0.1, 0.15) is 19.4 Å². The van der Waals surface area contributed by atoms with Gasteiger partial charge in [0.25, 0.3) is 5.69 Å². The summed E-state index contributed by atoms with van der Waals surface area (Å²) in [5, 5.41) is 15.8. The van der Waals surface area contributed by atoms with Gasteiger partial charge in [-0.1, -0.05) is 12.1 Å². The summed E-state index contributed by atoms with van der Waals surface area (Å²) in [7, 11) is 0. The van der Waals surface area contributed by atoms with Crippen LogP contribution in [0.3, 0.4) is 0 Å². The number of nitrogens with zero attached hydrogens (tertiary/aromatic N) is 4. The van der Waals surface area contributed by atoms with Crippen molar-refractivity contribution >= 4 is 16.6 Å². The topological polar surface area (TPSA) is 99.9 Å². The minimum Gasteiger partial charge on any atom is -0.322 e. The predicted molar refractivity (Wildman–Crippen MR) is 82.7 cm³/mol. The van der Waals surface area contributed by atoms with Gasteiger partial charge in [0.1, 0.15) is 0 Å². The highest BCUT2D eigenvalue weighted by atomic mass is 16.6. The Balaban J connectivity index is 2.11. The number of hydrogen-bond acceptors (Lipinski definition) is 5. The van der Waals surface area contributed by atoms with Crippen molar-refractivity contribution in [2.45, 2.75) is 19.4 Å². The van der Waals surface area contributed by atoms with E-state index in [1.165, 1.54) is 12.3 Å². The van der Waals surface area contributed by atoms with Crippen LogP contribution in [0.2, 0.25) is 0 Å². The first-order chi connectivity index (χ1) is 10.4. The first-order valence-electron chi connectivity index (χ1n) is 6.75. The highest BCUT2D eigenvalue weighted by Crippen LogP contribution is 2.26. The van der Waals surface area contributed by atoms with Gasteiger partial charge < -0.3 is 5.73 Å². The Morgan fingerprint density at radius 1 is 1.23 bits per heavy atom. The Labute approximate surface area is 126 Å². The van der Waals surface area contributed by atoms with Crippen LogP contribution >= 0.6 is 0 Å². The van der Waals surface area contributed by atoms with Gasteiger partial charge in [0.15, 0.2) is 5.82 Å². The molecular weight excluding hydrogens is 282 g/mol. The van der Waals surface area contributed by atoms with E-state index in [1.54, 1.807) is 29.1 Å². The molecule has 0 bridgehead atoms. The van der Waals surface area contributed by atoms with E-state index in [4.69, 9.17) is 5.73 Å². The van der Waals surface area contributed by atoms with Crippen LogP contribution < -0.4 is 5.73 Å². The molecule has 112 valence electrons. The maximum Gasteiger partial charge on any atom is 0.280 e. The Morgan fingerprint density at radius 2 is 2.00 bits per heavy atom. The van der Waals surface area contributed by atoms with Crippen molar-refractivity contribution in [2.24, 2.45) is 5.73 Å². The molecule has 2 heterocycles. The smallest absolute Gasteiger partial charge is 0.280 e. The van der Waals surface area contributed by atoms with Gasteiger partial charge >= 0.3 is 0 Å². The van der Waals surface area contributed by atoms with E-state index in [0.29, 0.717) is 16.7 Å². The predicted octanol–water partition coefficient (Wildman–Crippen LogP) is 2.52. The van der Waals surface area contributed by atoms with Crippen molar-refractivity contribution in [3.63, 3.8) is 0 Å². The Morgan fingerprint density at radius 3 is 2.59 bits per heavy atom. The third kappa shape index (κ3) is 2.31. The van der Waals surface area contributed by atoms with Crippen molar-refractivity contribution in [2.75, 3.05) is 0 Å². The van der Waals surface area contributed by atoms with E-state index in [9.17, 15) is 10.1 Å². The summed E-state index contributed by atoms with van der Waals surface area (Å²) in [6, 6.07) is 8.55. The third-order valence-electron chi connectivity index (χ3n) is 3.50. The highest BCUT2D eigenvalue weighted by molar-refractivity contribution is 5.88. The van der Waals surface area contributed by atoms with E-state index >= 15 is 0 Å². The van der Waals surface area contributed by atoms with E-state index in [0.717, 1.165) is 5.56 Å². The molecule has 3 aromatic rings. The number of nitrogens with two attached hydrogens (primary N) is 1. The van der Waals surface area contributed by atoms with Crippen LogP contribution in [-0.4, -0.2) is 19.7 Å². The maximum absolute atomic E-state index is 11.1. The number of fused-ring (bicyclic) bond motifs is 1. The average molecular weight is 297 g/mol. The van der Waals surface area contributed by atoms with Gasteiger partial charge in [-0.3, -0.25) is 10.1 Å². The second kappa shape index (κ2) is 4.88. The van der Waals surface area contributed by atoms with Crippen LogP contribution in [0.4, 0.5) is 5.69 Å². The molecule has 0 aliphatic carbocycles. The fraction of sp³-hybridized carbons (Fsp3) is 0.200. The normalized spacial score (nSPS) is 11.8. The van der Waals surface area contributed by atoms with Gasteiger partial charge in [0, 0.05) is 17.8 Å². The zero-order valence-electron chi connectivity index (χ0n) is 12.2. The summed E-state index contributed by atoms with van der Waals surface area (Å²) in [6.45, 7) is 3.80. The second-order valence-corrected chi connectivity index (χ2v) is 5.65. The molecule has 0 fully saturated rings. The molecule has 7 heteroatoms. The third-order valence-corrected chi connectivity index (χ3v) is 3.50. The molecule has 3 rings (SSSR count). The van der Waals surface area contributed by atoms with Crippen LogP contribution in [0, 0.1) is 10.1 Å². The lowest BCUT2D eigenvalue weighted by atomic mass is 9.98. The van der Waals surface area contributed by atoms with Crippen LogP contribution in [0.25, 0.3) is 16.7 Å². The van der Waals surface area contributed by atoms with Crippen molar-refractivity contribution < 1.29 is 4.92 Å². The maximum atomic E-state index is 11.1. The summed E-state index contributed by atoms with van der Waals surface area (Å²) in [5.74, 6) is 0.587. The van der Waals surface area contributed by atoms with Gasteiger partial charge in [0.05, 0.1) is 22.0 Å². The van der Waals surface area contributed by atoms with E-state index in [2.05, 4.69) is 10.1 Å². The Hall–Kier alpha value is -2.80. The number of pyridine rings is 1. The van der Waals surface area contributed by atoms with Crippen LogP contribution in [0.5, 0.6) is 0 Å². The highest BCUT2D eigenvalue weighted by Gasteiger charge is 2.17. The lowest BCUT2D eigenvalue weighted by Gasteiger charge is -2.18. The summed E-state index contributed by atoms with van der Waals surface area (Å²) in [6.07, 6.45) is 3.18. The van der Waals surface area contributed by atoms with Gasteiger partial charge in [-0.15, -0.1) is 0 Å². The van der Waals surface area contributed by atoms with E-state index < -0.39 is 10.5 Å². The van der Waals surface area contributed by atoms with Crippen molar-refractivity contribution in [1.82, 2.24) is 14.8 Å². The molecular formula is C15H15N5O2. The largest absolute Gasteiger partial charge is 0.322 e. The van der Waals surface area contributed by atoms with Crippen LogP contribution in [0.15, 0.2) is 42.7 Å². The molecule has 2 aromatic heterocycles. The van der Waals surface area contributed by atoms with Crippen molar-refractivity contribution in [3.05, 3.63) is 58.4 Å². The summed E-state index contributed by atoms with van der Waals surface area (Å²) >= 11 is 0. The summed E-state index contributed by atoms with van der Waals surface area (Å²) in [5.41, 5.74) is 7.13.